The van der Waals surface area contributed by atoms with E-state index < -0.39 is 10.0 Å². The second-order valence-corrected chi connectivity index (χ2v) is 5.32. The quantitative estimate of drug-likeness (QED) is 0.835. The Kier molecular flexibility index (Phi) is 3.26. The standard InChI is InChI=1S/C13H12NO2S/c1-11-7-9-13(10-8-11)17(15,16)14-12-5-3-2-4-6-12/h2-10H,1H3/q+1. The van der Waals surface area contributed by atoms with Crippen molar-refractivity contribution in [1.29, 1.82) is 0 Å². The third-order valence-electron chi connectivity index (χ3n) is 2.30. The van der Waals surface area contributed by atoms with Gasteiger partial charge in [0.2, 0.25) is 4.72 Å². The Bertz CT molecular complexity index is 589. The SMILES string of the molecule is Cc1ccc(S(=O)(=O)[N+]c2ccccc2)cc1. The zero-order valence-corrected chi connectivity index (χ0v) is 10.2. The van der Waals surface area contributed by atoms with Crippen molar-refractivity contribution < 1.29 is 8.42 Å². The number of hydrogen-bond acceptors (Lipinski definition) is 2. The lowest BCUT2D eigenvalue weighted by Gasteiger charge is -1.94. The number of rotatable bonds is 3. The average molecular weight is 246 g/mol. The normalized spacial score (nSPS) is 11.4. The van der Waals surface area contributed by atoms with Gasteiger partial charge in [0.05, 0.1) is 0 Å². The highest BCUT2D eigenvalue weighted by Gasteiger charge is 2.30. The first kappa shape index (κ1) is 11.8. The fourth-order valence-electron chi connectivity index (χ4n) is 1.39. The largest absolute Gasteiger partial charge is 0.434 e. The molecule has 17 heavy (non-hydrogen) atoms. The van der Waals surface area contributed by atoms with Gasteiger partial charge in [0.25, 0.3) is 5.69 Å². The molecule has 2 rings (SSSR count). The van der Waals surface area contributed by atoms with Crippen LogP contribution in [-0.2, 0) is 10.0 Å². The van der Waals surface area contributed by atoms with Crippen LogP contribution in [0.5, 0.6) is 0 Å². The van der Waals surface area contributed by atoms with Crippen LogP contribution in [0.3, 0.4) is 0 Å². The van der Waals surface area contributed by atoms with Crippen LogP contribution < -0.4 is 4.72 Å². The van der Waals surface area contributed by atoms with Crippen LogP contribution in [0.2, 0.25) is 0 Å². The van der Waals surface area contributed by atoms with Crippen molar-refractivity contribution in [2.24, 2.45) is 0 Å². The molecule has 0 N–H and O–H groups in total. The zero-order chi connectivity index (χ0) is 12.3. The van der Waals surface area contributed by atoms with Crippen LogP contribution >= 0.6 is 0 Å². The molecule has 2 aromatic rings. The monoisotopic (exact) mass is 246 g/mol. The molecule has 0 aliphatic rings. The summed E-state index contributed by atoms with van der Waals surface area (Å²) in [7, 11) is -3.61. The van der Waals surface area contributed by atoms with Gasteiger partial charge in [-0.05, 0) is 19.1 Å². The molecule has 3 nitrogen and oxygen atoms in total. The fourth-order valence-corrected chi connectivity index (χ4v) is 2.38. The summed E-state index contributed by atoms with van der Waals surface area (Å²) in [5.74, 6) is 0. The molecule has 0 saturated heterocycles. The molecule has 0 bridgehead atoms. The number of sulfonamides is 1. The summed E-state index contributed by atoms with van der Waals surface area (Å²) in [6.45, 7) is 1.91. The fraction of sp³-hybridized carbons (Fsp3) is 0.0769. The highest BCUT2D eigenvalue weighted by atomic mass is 32.2. The van der Waals surface area contributed by atoms with E-state index >= 15 is 0 Å². The van der Waals surface area contributed by atoms with Gasteiger partial charge in [-0.1, -0.05) is 35.9 Å². The van der Waals surface area contributed by atoms with Crippen molar-refractivity contribution in [2.75, 3.05) is 0 Å². The van der Waals surface area contributed by atoms with E-state index in [-0.39, 0.29) is 4.90 Å². The lowest BCUT2D eigenvalue weighted by molar-refractivity contribution is 0.590. The molecular formula is C13H12NO2S+. The molecule has 2 radical (unpaired) electrons. The second-order valence-electron chi connectivity index (χ2n) is 3.71. The minimum Gasteiger partial charge on any atom is -0.157 e. The zero-order valence-electron chi connectivity index (χ0n) is 9.37. The number of hydrogen-bond donors (Lipinski definition) is 0. The maximum atomic E-state index is 11.9. The van der Waals surface area contributed by atoms with Crippen molar-refractivity contribution >= 4 is 15.7 Å². The Morgan fingerprint density at radius 3 is 2.06 bits per heavy atom. The van der Waals surface area contributed by atoms with E-state index in [2.05, 4.69) is 4.72 Å². The van der Waals surface area contributed by atoms with Crippen LogP contribution in [-0.4, -0.2) is 8.42 Å². The second kappa shape index (κ2) is 4.69. The Hall–Kier alpha value is -1.65. The number of nitrogens with zero attached hydrogens (tertiary/aromatic N) is 1. The number of aryl methyl sites for hydroxylation is 1. The molecule has 0 spiro atoms. The highest BCUT2D eigenvalue weighted by Crippen LogP contribution is 2.16. The lowest BCUT2D eigenvalue weighted by atomic mass is 10.2. The third-order valence-corrected chi connectivity index (χ3v) is 3.62. The van der Waals surface area contributed by atoms with Crippen LogP contribution in [0.4, 0.5) is 5.69 Å². The van der Waals surface area contributed by atoms with Crippen LogP contribution in [0.1, 0.15) is 5.56 Å². The van der Waals surface area contributed by atoms with Crippen molar-refractivity contribution in [1.82, 2.24) is 4.72 Å². The Morgan fingerprint density at radius 1 is 0.882 bits per heavy atom. The smallest absolute Gasteiger partial charge is 0.157 e. The van der Waals surface area contributed by atoms with Gasteiger partial charge < -0.3 is 0 Å². The molecule has 0 saturated carbocycles. The van der Waals surface area contributed by atoms with E-state index in [1.807, 2.05) is 13.0 Å². The molecule has 0 amide bonds. The lowest BCUT2D eigenvalue weighted by Crippen LogP contribution is -2.11. The van der Waals surface area contributed by atoms with Gasteiger partial charge in [-0.2, -0.15) is 8.42 Å². The molecule has 0 aliphatic heterocycles. The van der Waals surface area contributed by atoms with Gasteiger partial charge >= 0.3 is 10.0 Å². The van der Waals surface area contributed by atoms with E-state index in [1.54, 1.807) is 48.5 Å². The molecule has 0 heterocycles. The minimum absolute atomic E-state index is 0.215. The Labute approximate surface area is 101 Å². The van der Waals surface area contributed by atoms with Crippen molar-refractivity contribution in [3.05, 3.63) is 60.2 Å². The maximum Gasteiger partial charge on any atom is 0.434 e. The molecule has 86 valence electrons. The summed E-state index contributed by atoms with van der Waals surface area (Å²) in [5, 5.41) is 0. The first-order valence-corrected chi connectivity index (χ1v) is 6.62. The highest BCUT2D eigenvalue weighted by molar-refractivity contribution is 7.89. The molecule has 4 heteroatoms. The molecule has 0 aliphatic carbocycles. The summed E-state index contributed by atoms with van der Waals surface area (Å²) in [5.41, 5.74) is 1.46. The summed E-state index contributed by atoms with van der Waals surface area (Å²) < 4.78 is 27.7. The summed E-state index contributed by atoms with van der Waals surface area (Å²) in [6, 6.07) is 15.3. The molecule has 0 atom stereocenters. The van der Waals surface area contributed by atoms with Gasteiger partial charge in [0.1, 0.15) is 4.90 Å². The summed E-state index contributed by atoms with van der Waals surface area (Å²) >= 11 is 0. The average Bonchev–Trinajstić information content (AvgIpc) is 2.30. The van der Waals surface area contributed by atoms with Crippen molar-refractivity contribution in [2.45, 2.75) is 11.8 Å². The predicted octanol–water partition coefficient (Wildman–Crippen LogP) is 2.62. The molecule has 0 aromatic heterocycles. The van der Waals surface area contributed by atoms with Crippen molar-refractivity contribution in [3.8, 4) is 0 Å². The van der Waals surface area contributed by atoms with E-state index in [0.29, 0.717) is 5.69 Å². The topological polar surface area (TPSA) is 48.2 Å². The minimum atomic E-state index is -3.61. The van der Waals surface area contributed by atoms with E-state index in [0.717, 1.165) is 5.56 Å². The van der Waals surface area contributed by atoms with Crippen LogP contribution in [0.15, 0.2) is 59.5 Å². The van der Waals surface area contributed by atoms with Gasteiger partial charge in [-0.3, -0.25) is 0 Å². The Morgan fingerprint density at radius 2 is 1.47 bits per heavy atom. The predicted molar refractivity (Wildman–Crippen MR) is 66.6 cm³/mol. The van der Waals surface area contributed by atoms with Crippen LogP contribution in [0, 0.1) is 6.92 Å². The molecule has 0 unspecified atom stereocenters. The van der Waals surface area contributed by atoms with E-state index in [4.69, 9.17) is 0 Å². The van der Waals surface area contributed by atoms with Crippen LogP contribution in [0.25, 0.3) is 0 Å². The van der Waals surface area contributed by atoms with E-state index in [1.165, 1.54) is 0 Å². The van der Waals surface area contributed by atoms with Gasteiger partial charge in [-0.25, -0.2) is 0 Å². The van der Waals surface area contributed by atoms with Gasteiger partial charge in [-0.15, -0.1) is 0 Å². The van der Waals surface area contributed by atoms with Gasteiger partial charge in [0, 0.05) is 12.1 Å². The van der Waals surface area contributed by atoms with E-state index in [9.17, 15) is 8.42 Å². The van der Waals surface area contributed by atoms with Gasteiger partial charge in [0.15, 0.2) is 0 Å². The maximum absolute atomic E-state index is 11.9. The molecule has 2 aromatic carbocycles. The first-order chi connectivity index (χ1) is 8.08. The molecule has 0 fully saturated rings. The third kappa shape index (κ3) is 2.93. The first-order valence-electron chi connectivity index (χ1n) is 5.18. The van der Waals surface area contributed by atoms with Crippen molar-refractivity contribution in [3.63, 3.8) is 0 Å². The number of benzene rings is 2. The Balaban J connectivity index is 2.29. The molecular weight excluding hydrogens is 234 g/mol. The summed E-state index contributed by atoms with van der Waals surface area (Å²) in [6.07, 6.45) is 0. The summed E-state index contributed by atoms with van der Waals surface area (Å²) in [4.78, 5) is 0.215.